The van der Waals surface area contributed by atoms with Gasteiger partial charge in [-0.25, -0.2) is 5.01 Å². The number of hydrogen-bond acceptors (Lipinski definition) is 5. The average Bonchev–Trinajstić information content (AvgIpc) is 3.05. The van der Waals surface area contributed by atoms with Crippen LogP contribution in [0.1, 0.15) is 35.9 Å². The van der Waals surface area contributed by atoms with Crippen molar-refractivity contribution in [2.75, 3.05) is 0 Å². The SMILES string of the molecule is CC(=O)NC1=NN(C(C)=O)[C@H](c2cccc(OCc3ccccc3C)c2)S1. The second-order valence-electron chi connectivity index (χ2n) is 6.21. The number of nitrogens with one attached hydrogen (secondary N) is 1. The zero-order valence-corrected chi connectivity index (χ0v) is 16.2. The second-order valence-corrected chi connectivity index (χ2v) is 7.28. The predicted octanol–water partition coefficient (Wildman–Crippen LogP) is 3.58. The van der Waals surface area contributed by atoms with Crippen molar-refractivity contribution in [3.8, 4) is 5.75 Å². The maximum absolute atomic E-state index is 12.0. The van der Waals surface area contributed by atoms with Gasteiger partial charge >= 0.3 is 0 Å². The van der Waals surface area contributed by atoms with Crippen molar-refractivity contribution >= 4 is 28.7 Å². The summed E-state index contributed by atoms with van der Waals surface area (Å²) in [5.41, 5.74) is 3.18. The molecule has 2 aromatic rings. The van der Waals surface area contributed by atoms with Crippen LogP contribution in [0.15, 0.2) is 53.6 Å². The van der Waals surface area contributed by atoms with Gasteiger partial charge in [0.25, 0.3) is 0 Å². The summed E-state index contributed by atoms with van der Waals surface area (Å²) < 4.78 is 5.94. The fourth-order valence-electron chi connectivity index (χ4n) is 2.67. The Morgan fingerprint density at radius 3 is 2.67 bits per heavy atom. The Bertz CT molecular complexity index is 898. The van der Waals surface area contributed by atoms with Crippen LogP contribution in [0.25, 0.3) is 0 Å². The van der Waals surface area contributed by atoms with Gasteiger partial charge in [-0.05, 0) is 35.7 Å². The normalized spacial score (nSPS) is 16.0. The number of carbonyl (C=O) groups is 2. The van der Waals surface area contributed by atoms with E-state index >= 15 is 0 Å². The monoisotopic (exact) mass is 383 g/mol. The van der Waals surface area contributed by atoms with Crippen molar-refractivity contribution in [1.82, 2.24) is 10.3 Å². The van der Waals surface area contributed by atoms with Crippen LogP contribution in [0.5, 0.6) is 5.75 Å². The highest BCUT2D eigenvalue weighted by Gasteiger charge is 2.32. The van der Waals surface area contributed by atoms with E-state index in [4.69, 9.17) is 4.74 Å². The number of hydrogen-bond donors (Lipinski definition) is 1. The van der Waals surface area contributed by atoms with Gasteiger partial charge in [0.2, 0.25) is 11.8 Å². The summed E-state index contributed by atoms with van der Waals surface area (Å²) in [5, 5.41) is 8.29. The molecule has 2 amide bonds. The van der Waals surface area contributed by atoms with Gasteiger partial charge in [-0.15, -0.1) is 5.10 Å². The summed E-state index contributed by atoms with van der Waals surface area (Å²) in [7, 11) is 0. The van der Waals surface area contributed by atoms with E-state index in [-0.39, 0.29) is 17.2 Å². The number of thioether (sulfide) groups is 1. The van der Waals surface area contributed by atoms with Crippen LogP contribution in [0.4, 0.5) is 0 Å². The number of nitrogens with zero attached hydrogens (tertiary/aromatic N) is 2. The van der Waals surface area contributed by atoms with E-state index < -0.39 is 0 Å². The van der Waals surface area contributed by atoms with Crippen molar-refractivity contribution in [2.45, 2.75) is 32.8 Å². The third kappa shape index (κ3) is 4.68. The molecule has 0 saturated heterocycles. The molecule has 0 saturated carbocycles. The molecule has 1 atom stereocenters. The number of ether oxygens (including phenoxy) is 1. The molecule has 1 aliphatic heterocycles. The number of amidine groups is 1. The van der Waals surface area contributed by atoms with Crippen LogP contribution in [0, 0.1) is 6.92 Å². The van der Waals surface area contributed by atoms with E-state index in [1.54, 1.807) is 0 Å². The average molecular weight is 383 g/mol. The van der Waals surface area contributed by atoms with Crippen molar-refractivity contribution < 1.29 is 14.3 Å². The second kappa shape index (κ2) is 8.26. The van der Waals surface area contributed by atoms with Gasteiger partial charge in [0.05, 0.1) is 0 Å². The molecule has 2 aromatic carbocycles. The molecule has 27 heavy (non-hydrogen) atoms. The molecular weight excluding hydrogens is 362 g/mol. The lowest BCUT2D eigenvalue weighted by Crippen LogP contribution is -2.25. The zero-order chi connectivity index (χ0) is 19.4. The molecule has 0 fully saturated rings. The van der Waals surface area contributed by atoms with Crippen LogP contribution in [-0.2, 0) is 16.2 Å². The van der Waals surface area contributed by atoms with E-state index in [0.29, 0.717) is 17.5 Å². The fraction of sp³-hybridized carbons (Fsp3) is 0.250. The largest absolute Gasteiger partial charge is 0.489 e. The van der Waals surface area contributed by atoms with Crippen LogP contribution >= 0.6 is 11.8 Å². The molecule has 1 heterocycles. The Kier molecular flexibility index (Phi) is 5.81. The molecule has 7 heteroatoms. The molecule has 6 nitrogen and oxygen atoms in total. The number of aryl methyl sites for hydroxylation is 1. The van der Waals surface area contributed by atoms with E-state index in [0.717, 1.165) is 11.1 Å². The lowest BCUT2D eigenvalue weighted by atomic mass is 10.1. The Labute approximate surface area is 162 Å². The molecule has 1 N–H and O–H groups in total. The van der Waals surface area contributed by atoms with Crippen molar-refractivity contribution in [2.24, 2.45) is 5.10 Å². The first-order valence-corrected chi connectivity index (χ1v) is 9.42. The summed E-state index contributed by atoms with van der Waals surface area (Å²) in [6, 6.07) is 15.7. The lowest BCUT2D eigenvalue weighted by Gasteiger charge is -2.20. The van der Waals surface area contributed by atoms with Gasteiger partial charge in [0.15, 0.2) is 5.17 Å². The van der Waals surface area contributed by atoms with E-state index in [2.05, 4.69) is 23.4 Å². The zero-order valence-electron chi connectivity index (χ0n) is 15.4. The first kappa shape index (κ1) is 19.0. The summed E-state index contributed by atoms with van der Waals surface area (Å²) in [5.74, 6) is 0.299. The van der Waals surface area contributed by atoms with Crippen molar-refractivity contribution in [1.29, 1.82) is 0 Å². The molecule has 0 bridgehead atoms. The van der Waals surface area contributed by atoms with E-state index in [1.807, 2.05) is 42.5 Å². The fourth-order valence-corrected chi connectivity index (χ4v) is 3.80. The molecule has 140 valence electrons. The summed E-state index contributed by atoms with van der Waals surface area (Å²) in [6.45, 7) is 5.38. The number of hydrazone groups is 1. The van der Waals surface area contributed by atoms with Gasteiger partial charge in [-0.3, -0.25) is 9.59 Å². The number of benzene rings is 2. The minimum atomic E-state index is -0.341. The third-order valence-corrected chi connectivity index (χ3v) is 5.15. The minimum Gasteiger partial charge on any atom is -0.489 e. The molecule has 1 aliphatic rings. The first-order valence-electron chi connectivity index (χ1n) is 8.54. The number of rotatable bonds is 4. The van der Waals surface area contributed by atoms with Gasteiger partial charge in [0, 0.05) is 13.8 Å². The Hall–Kier alpha value is -2.80. The minimum absolute atomic E-state index is 0.195. The van der Waals surface area contributed by atoms with Crippen LogP contribution in [0.2, 0.25) is 0 Å². The highest BCUT2D eigenvalue weighted by Crippen LogP contribution is 2.39. The highest BCUT2D eigenvalue weighted by molar-refractivity contribution is 8.14. The van der Waals surface area contributed by atoms with Crippen LogP contribution in [-0.4, -0.2) is 22.0 Å². The molecular formula is C20H21N3O3S. The van der Waals surface area contributed by atoms with Crippen LogP contribution in [0.3, 0.4) is 0 Å². The standard InChI is InChI=1S/C20H21N3O3S/c1-13-7-4-5-8-17(13)12-26-18-10-6-9-16(11-18)19-23(15(3)25)22-20(27-19)21-14(2)24/h4-11,19H,12H2,1-3H3,(H,21,22,24)/t19-/m0/s1. The van der Waals surface area contributed by atoms with Gasteiger partial charge < -0.3 is 10.1 Å². The summed E-state index contributed by atoms with van der Waals surface area (Å²) in [4.78, 5) is 23.2. The van der Waals surface area contributed by atoms with Crippen LogP contribution < -0.4 is 10.1 Å². The molecule has 0 spiro atoms. The van der Waals surface area contributed by atoms with Gasteiger partial charge in [-0.1, -0.05) is 48.2 Å². The Morgan fingerprint density at radius 1 is 1.19 bits per heavy atom. The predicted molar refractivity (Wildman–Crippen MR) is 106 cm³/mol. The first-order chi connectivity index (χ1) is 12.9. The van der Waals surface area contributed by atoms with E-state index in [1.165, 1.54) is 36.2 Å². The van der Waals surface area contributed by atoms with Crippen molar-refractivity contribution in [3.63, 3.8) is 0 Å². The summed E-state index contributed by atoms with van der Waals surface area (Å²) >= 11 is 1.32. The molecule has 3 rings (SSSR count). The molecule has 0 unspecified atom stereocenters. The molecule has 0 aromatic heterocycles. The Balaban J connectivity index is 1.75. The van der Waals surface area contributed by atoms with E-state index in [9.17, 15) is 9.59 Å². The van der Waals surface area contributed by atoms with Gasteiger partial charge in [-0.2, -0.15) is 0 Å². The smallest absolute Gasteiger partial charge is 0.241 e. The Morgan fingerprint density at radius 2 is 1.96 bits per heavy atom. The third-order valence-electron chi connectivity index (χ3n) is 4.05. The quantitative estimate of drug-likeness (QED) is 0.876. The highest BCUT2D eigenvalue weighted by atomic mass is 32.2. The van der Waals surface area contributed by atoms with Crippen molar-refractivity contribution in [3.05, 3.63) is 65.2 Å². The number of amides is 2. The van der Waals surface area contributed by atoms with Gasteiger partial charge in [0.1, 0.15) is 17.7 Å². The maximum Gasteiger partial charge on any atom is 0.241 e. The molecule has 0 aliphatic carbocycles. The topological polar surface area (TPSA) is 71.0 Å². The lowest BCUT2D eigenvalue weighted by molar-refractivity contribution is -0.129. The summed E-state index contributed by atoms with van der Waals surface area (Å²) in [6.07, 6.45) is 0. The number of carbonyl (C=O) groups excluding carboxylic acids is 2. The molecule has 0 radical (unpaired) electrons. The maximum atomic E-state index is 12.0.